The van der Waals surface area contributed by atoms with Gasteiger partial charge in [0.25, 0.3) is 0 Å². The summed E-state index contributed by atoms with van der Waals surface area (Å²) < 4.78 is 26.1. The largest absolute Gasteiger partial charge is 0.302 e. The van der Waals surface area contributed by atoms with Gasteiger partial charge in [0.1, 0.15) is 0 Å². The topological polar surface area (TPSA) is 42.0 Å². The zero-order chi connectivity index (χ0) is 15.2. The Bertz CT molecular complexity index is 628. The Morgan fingerprint density at radius 3 is 2.81 bits per heavy atom. The number of hydrogen-bond acceptors (Lipinski definition) is 3. The van der Waals surface area contributed by atoms with Gasteiger partial charge >= 0.3 is 0 Å². The molecule has 0 aliphatic heterocycles. The van der Waals surface area contributed by atoms with E-state index in [0.29, 0.717) is 22.8 Å². The highest BCUT2D eigenvalue weighted by atomic mass is 32.1. The van der Waals surface area contributed by atoms with Crippen LogP contribution in [0.25, 0.3) is 11.3 Å². The molecule has 0 saturated heterocycles. The van der Waals surface area contributed by atoms with Gasteiger partial charge < -0.3 is 5.32 Å². The lowest BCUT2D eigenvalue weighted by molar-refractivity contribution is -0.116. The van der Waals surface area contributed by atoms with Gasteiger partial charge in [-0.25, -0.2) is 13.8 Å². The van der Waals surface area contributed by atoms with Gasteiger partial charge in [0.05, 0.1) is 5.69 Å². The first-order valence-electron chi connectivity index (χ1n) is 6.81. The van der Waals surface area contributed by atoms with E-state index in [1.165, 1.54) is 17.4 Å². The molecule has 0 aliphatic carbocycles. The molecule has 2 rings (SSSR count). The van der Waals surface area contributed by atoms with E-state index in [-0.39, 0.29) is 5.91 Å². The maximum atomic E-state index is 13.2. The SMILES string of the molecule is CCCCCC(=O)Nc1nc(-c2ccc(F)c(F)c2)cs1. The second-order valence-electron chi connectivity index (χ2n) is 4.67. The third-order valence-electron chi connectivity index (χ3n) is 2.97. The second kappa shape index (κ2) is 7.26. The molecule has 0 radical (unpaired) electrons. The zero-order valence-electron chi connectivity index (χ0n) is 11.7. The molecule has 0 aliphatic rings. The lowest BCUT2D eigenvalue weighted by Gasteiger charge is -2.01. The first kappa shape index (κ1) is 15.6. The number of nitrogens with zero attached hydrogens (tertiary/aromatic N) is 1. The highest BCUT2D eigenvalue weighted by molar-refractivity contribution is 7.14. The van der Waals surface area contributed by atoms with Crippen LogP contribution in [0.3, 0.4) is 0 Å². The van der Waals surface area contributed by atoms with Crippen LogP contribution >= 0.6 is 11.3 Å². The van der Waals surface area contributed by atoms with E-state index in [2.05, 4.69) is 17.2 Å². The summed E-state index contributed by atoms with van der Waals surface area (Å²) in [5.41, 5.74) is 0.999. The summed E-state index contributed by atoms with van der Waals surface area (Å²) in [4.78, 5) is 15.9. The molecule has 1 aromatic heterocycles. The van der Waals surface area contributed by atoms with Gasteiger partial charge in [-0.2, -0.15) is 0 Å². The Morgan fingerprint density at radius 2 is 2.10 bits per heavy atom. The van der Waals surface area contributed by atoms with Crippen LogP contribution in [0.5, 0.6) is 0 Å². The monoisotopic (exact) mass is 310 g/mol. The molecular weight excluding hydrogens is 294 g/mol. The number of unbranched alkanes of at least 4 members (excludes halogenated alkanes) is 2. The molecule has 3 nitrogen and oxygen atoms in total. The van der Waals surface area contributed by atoms with Gasteiger partial charge in [-0.1, -0.05) is 19.8 Å². The molecule has 1 aromatic carbocycles. The number of nitrogens with one attached hydrogen (secondary N) is 1. The predicted molar refractivity (Wildman–Crippen MR) is 80.2 cm³/mol. The summed E-state index contributed by atoms with van der Waals surface area (Å²) in [6.07, 6.45) is 3.40. The molecule has 1 heterocycles. The van der Waals surface area contributed by atoms with Crippen LogP contribution in [0.15, 0.2) is 23.6 Å². The number of anilines is 1. The first-order chi connectivity index (χ1) is 10.1. The standard InChI is InChI=1S/C15H16F2N2OS/c1-2-3-4-5-14(20)19-15-18-13(9-21-15)10-6-7-11(16)12(17)8-10/h6-9H,2-5H2,1H3,(H,18,19,20). The molecule has 21 heavy (non-hydrogen) atoms. The Kier molecular flexibility index (Phi) is 5.38. The molecule has 0 unspecified atom stereocenters. The number of rotatable bonds is 6. The third kappa shape index (κ3) is 4.32. The average Bonchev–Trinajstić information content (AvgIpc) is 2.90. The molecule has 2 aromatic rings. The normalized spacial score (nSPS) is 10.6. The summed E-state index contributed by atoms with van der Waals surface area (Å²) in [6, 6.07) is 3.62. The molecule has 1 N–H and O–H groups in total. The van der Waals surface area contributed by atoms with Crippen LogP contribution in [0.2, 0.25) is 0 Å². The van der Waals surface area contributed by atoms with Crippen LogP contribution in [-0.4, -0.2) is 10.9 Å². The Morgan fingerprint density at radius 1 is 1.29 bits per heavy atom. The van der Waals surface area contributed by atoms with E-state index in [0.717, 1.165) is 31.4 Å². The van der Waals surface area contributed by atoms with Gasteiger partial charge in [-0.15, -0.1) is 11.3 Å². The van der Waals surface area contributed by atoms with E-state index in [9.17, 15) is 13.6 Å². The minimum Gasteiger partial charge on any atom is -0.302 e. The fourth-order valence-electron chi connectivity index (χ4n) is 1.84. The van der Waals surface area contributed by atoms with Crippen molar-refractivity contribution in [3.63, 3.8) is 0 Å². The van der Waals surface area contributed by atoms with E-state index in [1.54, 1.807) is 5.38 Å². The smallest absolute Gasteiger partial charge is 0.226 e. The van der Waals surface area contributed by atoms with E-state index in [4.69, 9.17) is 0 Å². The zero-order valence-corrected chi connectivity index (χ0v) is 12.5. The van der Waals surface area contributed by atoms with E-state index in [1.807, 2.05) is 0 Å². The van der Waals surface area contributed by atoms with Crippen molar-refractivity contribution in [3.8, 4) is 11.3 Å². The first-order valence-corrected chi connectivity index (χ1v) is 7.69. The van der Waals surface area contributed by atoms with Gasteiger partial charge in [0.2, 0.25) is 5.91 Å². The number of halogens is 2. The molecule has 1 amide bonds. The maximum absolute atomic E-state index is 13.2. The van der Waals surface area contributed by atoms with Gasteiger partial charge in [0.15, 0.2) is 16.8 Å². The van der Waals surface area contributed by atoms with Crippen molar-refractivity contribution in [3.05, 3.63) is 35.2 Å². The van der Waals surface area contributed by atoms with Crippen molar-refractivity contribution in [2.45, 2.75) is 32.6 Å². The van der Waals surface area contributed by atoms with Crippen LogP contribution < -0.4 is 5.32 Å². The predicted octanol–water partition coefficient (Wildman–Crippen LogP) is 4.61. The molecule has 0 fully saturated rings. The average molecular weight is 310 g/mol. The van der Waals surface area contributed by atoms with E-state index < -0.39 is 11.6 Å². The number of amides is 1. The van der Waals surface area contributed by atoms with Crippen LogP contribution in [0, 0.1) is 11.6 Å². The van der Waals surface area contributed by atoms with Crippen LogP contribution in [0.1, 0.15) is 32.6 Å². The summed E-state index contributed by atoms with van der Waals surface area (Å²) >= 11 is 1.26. The van der Waals surface area contributed by atoms with Crippen LogP contribution in [0.4, 0.5) is 13.9 Å². The quantitative estimate of drug-likeness (QED) is 0.792. The molecule has 0 spiro atoms. The van der Waals surface area contributed by atoms with Crippen molar-refractivity contribution < 1.29 is 13.6 Å². The highest BCUT2D eigenvalue weighted by Gasteiger charge is 2.10. The fraction of sp³-hybridized carbons (Fsp3) is 0.333. The summed E-state index contributed by atoms with van der Waals surface area (Å²) in [5.74, 6) is -1.88. The summed E-state index contributed by atoms with van der Waals surface area (Å²) in [5, 5.41) is 4.89. The maximum Gasteiger partial charge on any atom is 0.226 e. The van der Waals surface area contributed by atoms with Crippen molar-refractivity contribution >= 4 is 22.4 Å². The molecule has 6 heteroatoms. The number of aromatic nitrogens is 1. The Hall–Kier alpha value is -1.82. The van der Waals surface area contributed by atoms with Gasteiger partial charge in [-0.3, -0.25) is 4.79 Å². The lowest BCUT2D eigenvalue weighted by Crippen LogP contribution is -2.10. The minimum absolute atomic E-state index is 0.0744. The lowest BCUT2D eigenvalue weighted by atomic mass is 10.2. The fourth-order valence-corrected chi connectivity index (χ4v) is 2.57. The van der Waals surface area contributed by atoms with E-state index >= 15 is 0 Å². The number of hydrogen-bond donors (Lipinski definition) is 1. The van der Waals surface area contributed by atoms with Gasteiger partial charge in [0, 0.05) is 17.4 Å². The molecule has 0 saturated carbocycles. The molecular formula is C15H16F2N2OS. The minimum atomic E-state index is -0.911. The van der Waals surface area contributed by atoms with Crippen LogP contribution in [-0.2, 0) is 4.79 Å². The molecule has 0 bridgehead atoms. The summed E-state index contributed by atoms with van der Waals surface area (Å²) in [7, 11) is 0. The number of benzene rings is 1. The molecule has 0 atom stereocenters. The van der Waals surface area contributed by atoms with Crippen molar-refractivity contribution in [2.75, 3.05) is 5.32 Å². The molecule has 112 valence electrons. The third-order valence-corrected chi connectivity index (χ3v) is 3.73. The van der Waals surface area contributed by atoms with Gasteiger partial charge in [-0.05, 0) is 24.6 Å². The number of thiazole rings is 1. The van der Waals surface area contributed by atoms with Crippen molar-refractivity contribution in [2.24, 2.45) is 0 Å². The second-order valence-corrected chi connectivity index (χ2v) is 5.53. The Labute approximate surface area is 126 Å². The highest BCUT2D eigenvalue weighted by Crippen LogP contribution is 2.26. The Balaban J connectivity index is 2.00. The van der Waals surface area contributed by atoms with Crippen molar-refractivity contribution in [1.82, 2.24) is 4.98 Å². The number of carbonyl (C=O) groups excluding carboxylic acids is 1. The van der Waals surface area contributed by atoms with Crippen molar-refractivity contribution in [1.29, 1.82) is 0 Å². The summed E-state index contributed by atoms with van der Waals surface area (Å²) in [6.45, 7) is 2.08. The number of carbonyl (C=O) groups is 1.